The van der Waals surface area contributed by atoms with Gasteiger partial charge in [0, 0.05) is 6.20 Å². The van der Waals surface area contributed by atoms with E-state index in [4.69, 9.17) is 11.6 Å². The zero-order valence-corrected chi connectivity index (χ0v) is 11.1. The molecule has 2 N–H and O–H groups in total. The normalized spacial score (nSPS) is 11.9. The van der Waals surface area contributed by atoms with Crippen molar-refractivity contribution in [2.24, 2.45) is 0 Å². The molecule has 1 aromatic heterocycles. The number of aromatic hydroxyl groups is 1. The zero-order chi connectivity index (χ0) is 13.8. The number of benzene rings is 1. The summed E-state index contributed by atoms with van der Waals surface area (Å²) in [6.45, 7) is 1.84. The Labute approximate surface area is 116 Å². The van der Waals surface area contributed by atoms with E-state index in [-0.39, 0.29) is 17.7 Å². The molecule has 5 heteroatoms. The van der Waals surface area contributed by atoms with Crippen LogP contribution in [0.3, 0.4) is 0 Å². The molecule has 1 heterocycles. The topological polar surface area (TPSA) is 62.2 Å². The van der Waals surface area contributed by atoms with Crippen LogP contribution in [0, 0.1) is 0 Å². The van der Waals surface area contributed by atoms with Crippen molar-refractivity contribution in [2.75, 3.05) is 0 Å². The lowest BCUT2D eigenvalue weighted by molar-refractivity contribution is 0.0939. The van der Waals surface area contributed by atoms with E-state index in [9.17, 15) is 9.90 Å². The monoisotopic (exact) mass is 276 g/mol. The van der Waals surface area contributed by atoms with Crippen molar-refractivity contribution in [1.82, 2.24) is 10.3 Å². The minimum Gasteiger partial charge on any atom is -0.508 e. The Hall–Kier alpha value is -2.07. The fourth-order valence-corrected chi connectivity index (χ4v) is 1.78. The van der Waals surface area contributed by atoms with Gasteiger partial charge in [-0.3, -0.25) is 4.79 Å². The average molecular weight is 277 g/mol. The Kier molecular flexibility index (Phi) is 4.02. The first kappa shape index (κ1) is 13.4. The van der Waals surface area contributed by atoms with E-state index in [1.165, 1.54) is 6.20 Å². The third-order valence-electron chi connectivity index (χ3n) is 2.71. The Morgan fingerprint density at radius 2 is 2.16 bits per heavy atom. The Balaban J connectivity index is 2.08. The fraction of sp³-hybridized carbons (Fsp3) is 0.143. The second-order valence-corrected chi connectivity index (χ2v) is 4.55. The number of rotatable bonds is 3. The Morgan fingerprint density at radius 1 is 1.37 bits per heavy atom. The van der Waals surface area contributed by atoms with Crippen LogP contribution < -0.4 is 5.32 Å². The van der Waals surface area contributed by atoms with Gasteiger partial charge >= 0.3 is 0 Å². The highest BCUT2D eigenvalue weighted by molar-refractivity contribution is 6.29. The smallest absolute Gasteiger partial charge is 0.253 e. The van der Waals surface area contributed by atoms with E-state index in [0.717, 1.165) is 5.56 Å². The molecule has 0 radical (unpaired) electrons. The van der Waals surface area contributed by atoms with E-state index < -0.39 is 0 Å². The van der Waals surface area contributed by atoms with Gasteiger partial charge in [-0.15, -0.1) is 0 Å². The van der Waals surface area contributed by atoms with Gasteiger partial charge in [0.2, 0.25) is 0 Å². The molecule has 0 saturated heterocycles. The predicted octanol–water partition coefficient (Wildman–Crippen LogP) is 2.93. The molecule has 1 aromatic carbocycles. The number of hydrogen-bond donors (Lipinski definition) is 2. The number of halogens is 1. The number of carbonyl (C=O) groups excluding carboxylic acids is 1. The van der Waals surface area contributed by atoms with Gasteiger partial charge in [0.1, 0.15) is 10.9 Å². The zero-order valence-electron chi connectivity index (χ0n) is 10.3. The minimum absolute atomic E-state index is 0.173. The Bertz CT molecular complexity index is 584. The first-order valence-electron chi connectivity index (χ1n) is 5.77. The molecule has 1 atom stereocenters. The van der Waals surface area contributed by atoms with Crippen molar-refractivity contribution in [3.05, 3.63) is 58.9 Å². The molecule has 2 rings (SSSR count). The number of nitrogens with one attached hydrogen (secondary N) is 1. The summed E-state index contributed by atoms with van der Waals surface area (Å²) in [7, 11) is 0. The SMILES string of the molecule is CC(NC(=O)c1ccc(Cl)nc1)c1cccc(O)c1. The number of nitrogens with zero attached hydrogens (tertiary/aromatic N) is 1. The van der Waals surface area contributed by atoms with Gasteiger partial charge in [-0.25, -0.2) is 4.98 Å². The lowest BCUT2D eigenvalue weighted by Crippen LogP contribution is -2.26. The quantitative estimate of drug-likeness (QED) is 0.847. The lowest BCUT2D eigenvalue weighted by Gasteiger charge is -2.14. The third-order valence-corrected chi connectivity index (χ3v) is 2.93. The summed E-state index contributed by atoms with van der Waals surface area (Å²) in [5, 5.41) is 12.6. The Morgan fingerprint density at radius 3 is 2.79 bits per heavy atom. The second-order valence-electron chi connectivity index (χ2n) is 4.16. The molecule has 2 aromatic rings. The maximum Gasteiger partial charge on any atom is 0.253 e. The van der Waals surface area contributed by atoms with Crippen LogP contribution in [0.15, 0.2) is 42.6 Å². The first-order valence-corrected chi connectivity index (χ1v) is 6.15. The molecule has 4 nitrogen and oxygen atoms in total. The molecule has 0 aliphatic rings. The molecule has 0 bridgehead atoms. The van der Waals surface area contributed by atoms with Crippen LogP contribution in [0.4, 0.5) is 0 Å². The van der Waals surface area contributed by atoms with Crippen LogP contribution in [0.1, 0.15) is 28.9 Å². The highest BCUT2D eigenvalue weighted by Gasteiger charge is 2.12. The molecule has 0 aliphatic carbocycles. The summed E-state index contributed by atoms with van der Waals surface area (Å²) >= 11 is 5.66. The number of pyridine rings is 1. The lowest BCUT2D eigenvalue weighted by atomic mass is 10.1. The number of aromatic nitrogens is 1. The van der Waals surface area contributed by atoms with Crippen LogP contribution >= 0.6 is 11.6 Å². The van der Waals surface area contributed by atoms with Crippen LogP contribution in [-0.2, 0) is 0 Å². The van der Waals surface area contributed by atoms with E-state index in [2.05, 4.69) is 10.3 Å². The molecule has 0 spiro atoms. The van der Waals surface area contributed by atoms with Crippen LogP contribution in [-0.4, -0.2) is 16.0 Å². The van der Waals surface area contributed by atoms with E-state index in [1.807, 2.05) is 13.0 Å². The van der Waals surface area contributed by atoms with Gasteiger partial charge in [0.05, 0.1) is 11.6 Å². The average Bonchev–Trinajstić information content (AvgIpc) is 2.39. The predicted molar refractivity (Wildman–Crippen MR) is 73.2 cm³/mol. The number of amides is 1. The van der Waals surface area contributed by atoms with Gasteiger partial charge in [-0.05, 0) is 36.8 Å². The van der Waals surface area contributed by atoms with Crippen LogP contribution in [0.25, 0.3) is 0 Å². The fourth-order valence-electron chi connectivity index (χ4n) is 1.67. The molecular formula is C14H13ClN2O2. The molecule has 0 saturated carbocycles. The molecule has 98 valence electrons. The van der Waals surface area contributed by atoms with Gasteiger partial charge in [0.15, 0.2) is 0 Å². The van der Waals surface area contributed by atoms with E-state index in [0.29, 0.717) is 10.7 Å². The van der Waals surface area contributed by atoms with Crippen LogP contribution in [0.2, 0.25) is 5.15 Å². The summed E-state index contributed by atoms with van der Waals surface area (Å²) in [6, 6.07) is 9.74. The largest absolute Gasteiger partial charge is 0.508 e. The van der Waals surface area contributed by atoms with Gasteiger partial charge in [-0.1, -0.05) is 23.7 Å². The molecule has 0 aliphatic heterocycles. The molecule has 1 amide bonds. The van der Waals surface area contributed by atoms with Crippen molar-refractivity contribution in [2.45, 2.75) is 13.0 Å². The maximum atomic E-state index is 12.0. The van der Waals surface area contributed by atoms with Crippen molar-refractivity contribution < 1.29 is 9.90 Å². The highest BCUT2D eigenvalue weighted by Crippen LogP contribution is 2.18. The highest BCUT2D eigenvalue weighted by atomic mass is 35.5. The van der Waals surface area contributed by atoms with E-state index >= 15 is 0 Å². The summed E-state index contributed by atoms with van der Waals surface area (Å²) in [5.41, 5.74) is 1.27. The van der Waals surface area contributed by atoms with Crippen molar-refractivity contribution >= 4 is 17.5 Å². The van der Waals surface area contributed by atoms with Gasteiger partial charge in [0.25, 0.3) is 5.91 Å². The summed E-state index contributed by atoms with van der Waals surface area (Å²) in [6.07, 6.45) is 1.42. The second kappa shape index (κ2) is 5.71. The molecule has 0 fully saturated rings. The minimum atomic E-state index is -0.236. The van der Waals surface area contributed by atoms with Crippen molar-refractivity contribution in [1.29, 1.82) is 0 Å². The summed E-state index contributed by atoms with van der Waals surface area (Å²) in [5.74, 6) is -0.0632. The van der Waals surface area contributed by atoms with Gasteiger partial charge < -0.3 is 10.4 Å². The number of carbonyl (C=O) groups is 1. The van der Waals surface area contributed by atoms with Crippen molar-refractivity contribution in [3.63, 3.8) is 0 Å². The number of phenols is 1. The molecule has 1 unspecified atom stereocenters. The van der Waals surface area contributed by atoms with Crippen LogP contribution in [0.5, 0.6) is 5.75 Å². The maximum absolute atomic E-state index is 12.0. The number of hydrogen-bond acceptors (Lipinski definition) is 3. The van der Waals surface area contributed by atoms with Crippen molar-refractivity contribution in [3.8, 4) is 5.75 Å². The first-order chi connectivity index (χ1) is 9.06. The molecular weight excluding hydrogens is 264 g/mol. The number of phenolic OH excluding ortho intramolecular Hbond substituents is 1. The molecule has 19 heavy (non-hydrogen) atoms. The third kappa shape index (κ3) is 3.45. The van der Waals surface area contributed by atoms with Gasteiger partial charge in [-0.2, -0.15) is 0 Å². The van der Waals surface area contributed by atoms with E-state index in [1.54, 1.807) is 30.3 Å². The summed E-state index contributed by atoms with van der Waals surface area (Å²) in [4.78, 5) is 15.8. The standard InChI is InChI=1S/C14H13ClN2O2/c1-9(10-3-2-4-12(18)7-10)17-14(19)11-5-6-13(15)16-8-11/h2-9,18H,1H3,(H,17,19). The summed E-state index contributed by atoms with van der Waals surface area (Å²) < 4.78 is 0.